The van der Waals surface area contributed by atoms with E-state index in [1.54, 1.807) is 18.3 Å². The van der Waals surface area contributed by atoms with Gasteiger partial charge in [0.2, 0.25) is 0 Å². The highest BCUT2D eigenvalue weighted by Gasteiger charge is 2.27. The zero-order valence-corrected chi connectivity index (χ0v) is 23.3. The van der Waals surface area contributed by atoms with Crippen LogP contribution in [0.25, 0.3) is 10.8 Å². The van der Waals surface area contributed by atoms with Gasteiger partial charge in [0, 0.05) is 31.5 Å². The third kappa shape index (κ3) is 12.5. The minimum atomic E-state index is -4.21. The molecule has 0 atom stereocenters. The van der Waals surface area contributed by atoms with Crippen LogP contribution in [0.3, 0.4) is 0 Å². The van der Waals surface area contributed by atoms with Crippen molar-refractivity contribution in [1.29, 1.82) is 0 Å². The molecule has 0 aliphatic heterocycles. The molecule has 2 N–H and O–H groups in total. The summed E-state index contributed by atoms with van der Waals surface area (Å²) in [6.07, 6.45) is 4.58. The first-order valence-electron chi connectivity index (χ1n) is 12.1. The van der Waals surface area contributed by atoms with Crippen LogP contribution >= 0.6 is 0 Å². The smallest absolute Gasteiger partial charge is 0.393 e. The number of nitrogens with zero attached hydrogens (tertiary/aromatic N) is 1. The molecule has 210 valence electrons. The molecule has 4 aromatic rings. The van der Waals surface area contributed by atoms with Crippen LogP contribution in [0.1, 0.15) is 42.1 Å². The number of hydrogen-bond donors (Lipinski definition) is 2. The SMILES string of the molecule is C#C.CO.CO.Cc1ccc(C(C)C)cc1.Cc1nccc2cccc(Oc3ccc(CC(F)(F)F)cc3)c12. The van der Waals surface area contributed by atoms with Crippen molar-refractivity contribution in [3.8, 4) is 24.3 Å². The lowest BCUT2D eigenvalue weighted by Crippen LogP contribution is -2.11. The molecule has 0 aliphatic carbocycles. The summed E-state index contributed by atoms with van der Waals surface area (Å²) in [5, 5.41) is 15.9. The van der Waals surface area contributed by atoms with E-state index in [-0.39, 0.29) is 5.56 Å². The fourth-order valence-corrected chi connectivity index (χ4v) is 3.44. The Morgan fingerprint density at radius 2 is 1.38 bits per heavy atom. The fourth-order valence-electron chi connectivity index (χ4n) is 3.44. The normalized spacial score (nSPS) is 9.90. The summed E-state index contributed by atoms with van der Waals surface area (Å²) in [4.78, 5) is 4.26. The number of hydrogen-bond acceptors (Lipinski definition) is 4. The Kier molecular flexibility index (Phi) is 16.6. The van der Waals surface area contributed by atoms with E-state index in [1.165, 1.54) is 23.3 Å². The molecule has 7 heteroatoms. The average molecular weight is 542 g/mol. The maximum absolute atomic E-state index is 12.4. The molecular weight excluding hydrogens is 503 g/mol. The first kappa shape index (κ1) is 35.1. The Morgan fingerprint density at radius 3 is 1.90 bits per heavy atom. The summed E-state index contributed by atoms with van der Waals surface area (Å²) in [5.74, 6) is 1.78. The third-order valence-corrected chi connectivity index (χ3v) is 5.24. The number of benzene rings is 3. The van der Waals surface area contributed by atoms with Gasteiger partial charge in [-0.05, 0) is 60.5 Å². The first-order chi connectivity index (χ1) is 18.6. The van der Waals surface area contributed by atoms with E-state index in [1.807, 2.05) is 31.2 Å². The van der Waals surface area contributed by atoms with Gasteiger partial charge in [0.25, 0.3) is 0 Å². The Bertz CT molecular complexity index is 1230. The van der Waals surface area contributed by atoms with Crippen molar-refractivity contribution in [1.82, 2.24) is 4.98 Å². The van der Waals surface area contributed by atoms with Crippen LogP contribution in [-0.2, 0) is 6.42 Å². The van der Waals surface area contributed by atoms with E-state index >= 15 is 0 Å². The number of aromatic nitrogens is 1. The summed E-state index contributed by atoms with van der Waals surface area (Å²) in [7, 11) is 2.00. The van der Waals surface area contributed by atoms with E-state index in [0.717, 1.165) is 30.7 Å². The quantitative estimate of drug-likeness (QED) is 0.257. The van der Waals surface area contributed by atoms with Gasteiger partial charge in [-0.2, -0.15) is 13.2 Å². The maximum atomic E-state index is 12.4. The Morgan fingerprint density at radius 1 is 0.821 bits per heavy atom. The molecule has 4 rings (SSSR count). The molecule has 0 fully saturated rings. The molecule has 39 heavy (non-hydrogen) atoms. The van der Waals surface area contributed by atoms with Crippen molar-refractivity contribution in [3.63, 3.8) is 0 Å². The number of fused-ring (bicyclic) bond motifs is 1. The second-order valence-electron chi connectivity index (χ2n) is 8.35. The maximum Gasteiger partial charge on any atom is 0.393 e. The third-order valence-electron chi connectivity index (χ3n) is 5.24. The first-order valence-corrected chi connectivity index (χ1v) is 12.1. The molecule has 1 aromatic heterocycles. The van der Waals surface area contributed by atoms with Gasteiger partial charge < -0.3 is 14.9 Å². The Balaban J connectivity index is 0.000000756. The molecular formula is C32H38F3NO3. The number of pyridine rings is 1. The topological polar surface area (TPSA) is 62.6 Å². The van der Waals surface area contributed by atoms with Gasteiger partial charge in [-0.15, -0.1) is 12.8 Å². The predicted octanol–water partition coefficient (Wildman–Crippen LogP) is 8.03. The summed E-state index contributed by atoms with van der Waals surface area (Å²) in [5.41, 5.74) is 3.81. The number of ether oxygens (including phenoxy) is 1. The summed E-state index contributed by atoms with van der Waals surface area (Å²) < 4.78 is 42.9. The molecule has 1 heterocycles. The molecule has 0 unspecified atom stereocenters. The van der Waals surface area contributed by atoms with Crippen molar-refractivity contribution < 1.29 is 28.1 Å². The monoisotopic (exact) mass is 541 g/mol. The minimum Gasteiger partial charge on any atom is -0.457 e. The van der Waals surface area contributed by atoms with Gasteiger partial charge >= 0.3 is 6.18 Å². The highest BCUT2D eigenvalue weighted by atomic mass is 19.4. The van der Waals surface area contributed by atoms with Gasteiger partial charge in [0.05, 0.1) is 6.42 Å². The van der Waals surface area contributed by atoms with Crippen LogP contribution in [0.15, 0.2) is 79.0 Å². The van der Waals surface area contributed by atoms with Crippen molar-refractivity contribution in [2.45, 2.75) is 46.2 Å². The van der Waals surface area contributed by atoms with E-state index in [9.17, 15) is 13.2 Å². The van der Waals surface area contributed by atoms with Gasteiger partial charge in [-0.3, -0.25) is 4.98 Å². The van der Waals surface area contributed by atoms with Crippen LogP contribution < -0.4 is 4.74 Å². The molecule has 0 aliphatic rings. The molecule has 0 radical (unpaired) electrons. The van der Waals surface area contributed by atoms with Crippen molar-refractivity contribution >= 4 is 10.8 Å². The minimum absolute atomic E-state index is 0.209. The zero-order chi connectivity index (χ0) is 30.0. The van der Waals surface area contributed by atoms with E-state index in [4.69, 9.17) is 14.9 Å². The summed E-state index contributed by atoms with van der Waals surface area (Å²) in [6, 6.07) is 22.2. The number of aryl methyl sites for hydroxylation is 2. The lowest BCUT2D eigenvalue weighted by Gasteiger charge is -2.11. The van der Waals surface area contributed by atoms with Crippen molar-refractivity contribution in [2.75, 3.05) is 14.2 Å². The van der Waals surface area contributed by atoms with Crippen LogP contribution in [0.5, 0.6) is 11.5 Å². The lowest BCUT2D eigenvalue weighted by molar-refractivity contribution is -0.127. The van der Waals surface area contributed by atoms with Crippen molar-refractivity contribution in [2.24, 2.45) is 0 Å². The van der Waals surface area contributed by atoms with Gasteiger partial charge in [-0.25, -0.2) is 0 Å². The molecule has 3 aromatic carbocycles. The van der Waals surface area contributed by atoms with Crippen LogP contribution in [0.2, 0.25) is 0 Å². The molecule has 4 nitrogen and oxygen atoms in total. The predicted molar refractivity (Wildman–Crippen MR) is 154 cm³/mol. The number of rotatable bonds is 4. The molecule has 0 amide bonds. The van der Waals surface area contributed by atoms with E-state index < -0.39 is 12.6 Å². The Labute approximate surface area is 230 Å². The van der Waals surface area contributed by atoms with E-state index in [0.29, 0.717) is 17.4 Å². The standard InChI is InChI=1S/C18H14F3NO.C10H14.C2H2.2CH4O/c1-12-17-14(9-10-22-12)3-2-4-16(17)23-15-7-5-13(6-8-15)11-18(19,20)21;1-8(2)10-6-4-9(3)5-7-10;3*1-2/h2-10H,11H2,1H3;4-8H,1-3H3;1-2H;2*2H,1H3. The van der Waals surface area contributed by atoms with Crippen LogP contribution in [-0.4, -0.2) is 35.6 Å². The van der Waals surface area contributed by atoms with E-state index in [2.05, 4.69) is 62.9 Å². The largest absolute Gasteiger partial charge is 0.457 e. The van der Waals surface area contributed by atoms with Gasteiger partial charge in [0.15, 0.2) is 0 Å². The Hall–Kier alpha value is -3.86. The number of alkyl halides is 3. The molecule has 0 bridgehead atoms. The van der Waals surface area contributed by atoms with Crippen molar-refractivity contribution in [3.05, 3.63) is 101 Å². The van der Waals surface area contributed by atoms with Crippen LogP contribution in [0.4, 0.5) is 13.2 Å². The lowest BCUT2D eigenvalue weighted by atomic mass is 10.0. The number of aliphatic hydroxyl groups excluding tert-OH is 2. The average Bonchev–Trinajstić information content (AvgIpc) is 2.93. The molecule has 0 spiro atoms. The summed E-state index contributed by atoms with van der Waals surface area (Å²) >= 11 is 0. The van der Waals surface area contributed by atoms with Crippen LogP contribution in [0, 0.1) is 26.7 Å². The number of halogens is 3. The number of aliphatic hydroxyl groups is 2. The molecule has 0 saturated carbocycles. The molecule has 0 saturated heterocycles. The highest BCUT2D eigenvalue weighted by Crippen LogP contribution is 2.32. The fraction of sp³-hybridized carbons (Fsp3) is 0.281. The van der Waals surface area contributed by atoms with Gasteiger partial charge in [-0.1, -0.05) is 67.9 Å². The highest BCUT2D eigenvalue weighted by molar-refractivity contribution is 5.90. The van der Waals surface area contributed by atoms with Gasteiger partial charge in [0.1, 0.15) is 11.5 Å². The second-order valence-corrected chi connectivity index (χ2v) is 8.35. The zero-order valence-electron chi connectivity index (χ0n) is 23.3. The second kappa shape index (κ2) is 18.4. The number of terminal acetylenes is 1. The summed E-state index contributed by atoms with van der Waals surface area (Å²) in [6.45, 7) is 8.43.